The van der Waals surface area contributed by atoms with Gasteiger partial charge in [0.05, 0.1) is 17.7 Å². The molecule has 0 spiro atoms. The Kier molecular flexibility index (Phi) is 8.06. The van der Waals surface area contributed by atoms with Gasteiger partial charge in [-0.1, -0.05) is 35.3 Å². The molecule has 1 saturated heterocycles. The summed E-state index contributed by atoms with van der Waals surface area (Å²) in [5, 5.41) is 16.1. The molecule has 10 heteroatoms. The average Bonchev–Trinajstić information content (AvgIpc) is 2.74. The van der Waals surface area contributed by atoms with Crippen molar-refractivity contribution in [3.63, 3.8) is 0 Å². The number of urea groups is 2. The molecular formula is C22H26Cl2N4O4. The Morgan fingerprint density at radius 3 is 2.50 bits per heavy atom. The SMILES string of the molecule is CC(C)Oc1ccc(NC2NC(=O)N(CCCO)C(=O)N2Cc2ccc(Cl)cc2)cc1Cl. The summed E-state index contributed by atoms with van der Waals surface area (Å²) in [7, 11) is 0. The van der Waals surface area contributed by atoms with E-state index in [-0.39, 0.29) is 25.8 Å². The first-order valence-corrected chi connectivity index (χ1v) is 11.0. The molecule has 4 amide bonds. The van der Waals surface area contributed by atoms with Crippen LogP contribution in [0.2, 0.25) is 10.0 Å². The second-order valence-electron chi connectivity index (χ2n) is 7.57. The molecule has 1 heterocycles. The minimum atomic E-state index is -0.816. The molecule has 8 nitrogen and oxygen atoms in total. The summed E-state index contributed by atoms with van der Waals surface area (Å²) >= 11 is 12.3. The first-order valence-electron chi connectivity index (χ1n) is 10.2. The van der Waals surface area contributed by atoms with E-state index < -0.39 is 18.4 Å². The molecule has 2 aromatic rings. The number of carbonyl (C=O) groups is 2. The molecule has 1 aliphatic heterocycles. The quantitative estimate of drug-likeness (QED) is 0.490. The molecule has 32 heavy (non-hydrogen) atoms. The van der Waals surface area contributed by atoms with Crippen molar-refractivity contribution in [1.29, 1.82) is 0 Å². The van der Waals surface area contributed by atoms with Crippen LogP contribution in [-0.4, -0.2) is 52.5 Å². The lowest BCUT2D eigenvalue weighted by molar-refractivity contribution is 0.104. The molecule has 2 aromatic carbocycles. The van der Waals surface area contributed by atoms with Crippen molar-refractivity contribution < 1.29 is 19.4 Å². The van der Waals surface area contributed by atoms with Gasteiger partial charge in [0.1, 0.15) is 5.75 Å². The molecule has 0 radical (unpaired) electrons. The first kappa shape index (κ1) is 24.0. The van der Waals surface area contributed by atoms with Gasteiger partial charge in [0.15, 0.2) is 6.29 Å². The third-order valence-corrected chi connectivity index (χ3v) is 5.24. The summed E-state index contributed by atoms with van der Waals surface area (Å²) in [6.07, 6.45) is -0.552. The van der Waals surface area contributed by atoms with Crippen LogP contribution in [0.3, 0.4) is 0 Å². The zero-order chi connectivity index (χ0) is 23.3. The zero-order valence-electron chi connectivity index (χ0n) is 17.8. The highest BCUT2D eigenvalue weighted by atomic mass is 35.5. The summed E-state index contributed by atoms with van der Waals surface area (Å²) in [6.45, 7) is 4.02. The Labute approximate surface area is 197 Å². The number of aliphatic hydroxyl groups excluding tert-OH is 1. The third kappa shape index (κ3) is 5.97. The van der Waals surface area contributed by atoms with Gasteiger partial charge in [-0.15, -0.1) is 0 Å². The average molecular weight is 481 g/mol. The number of nitrogens with zero attached hydrogens (tertiary/aromatic N) is 2. The van der Waals surface area contributed by atoms with E-state index in [2.05, 4.69) is 10.6 Å². The van der Waals surface area contributed by atoms with Crippen LogP contribution >= 0.6 is 23.2 Å². The molecule has 172 valence electrons. The molecule has 1 aliphatic rings. The fourth-order valence-corrected chi connectivity index (χ4v) is 3.56. The van der Waals surface area contributed by atoms with Crippen LogP contribution in [0.25, 0.3) is 0 Å². The minimum absolute atomic E-state index is 0.0265. The van der Waals surface area contributed by atoms with Crippen LogP contribution in [0.4, 0.5) is 15.3 Å². The molecule has 0 bridgehead atoms. The molecule has 1 fully saturated rings. The van der Waals surface area contributed by atoms with Gasteiger partial charge in [0.2, 0.25) is 0 Å². The van der Waals surface area contributed by atoms with Gasteiger partial charge in [0.25, 0.3) is 0 Å². The number of ether oxygens (including phenoxy) is 1. The highest BCUT2D eigenvalue weighted by Crippen LogP contribution is 2.29. The van der Waals surface area contributed by atoms with Crippen LogP contribution in [0.5, 0.6) is 5.75 Å². The number of hydrogen-bond donors (Lipinski definition) is 3. The van der Waals surface area contributed by atoms with Gasteiger partial charge in [-0.2, -0.15) is 0 Å². The van der Waals surface area contributed by atoms with Gasteiger partial charge in [-0.3, -0.25) is 10.2 Å². The zero-order valence-corrected chi connectivity index (χ0v) is 19.4. The fraction of sp³-hybridized carbons (Fsp3) is 0.364. The number of aliphatic hydroxyl groups is 1. The number of benzene rings is 2. The van der Waals surface area contributed by atoms with E-state index >= 15 is 0 Å². The third-order valence-electron chi connectivity index (χ3n) is 4.70. The van der Waals surface area contributed by atoms with E-state index in [1.54, 1.807) is 30.3 Å². The van der Waals surface area contributed by atoms with Crippen LogP contribution in [0, 0.1) is 0 Å². The number of rotatable bonds is 9. The number of halogens is 2. The lowest BCUT2D eigenvalue weighted by atomic mass is 10.2. The van der Waals surface area contributed by atoms with Crippen molar-refractivity contribution in [3.8, 4) is 5.75 Å². The lowest BCUT2D eigenvalue weighted by Crippen LogP contribution is -2.67. The maximum absolute atomic E-state index is 13.2. The fourth-order valence-electron chi connectivity index (χ4n) is 3.21. The summed E-state index contributed by atoms with van der Waals surface area (Å²) in [4.78, 5) is 28.3. The van der Waals surface area contributed by atoms with Crippen molar-refractivity contribution in [2.24, 2.45) is 0 Å². The molecular weight excluding hydrogens is 455 g/mol. The van der Waals surface area contributed by atoms with Crippen LogP contribution in [-0.2, 0) is 6.54 Å². The molecule has 0 saturated carbocycles. The summed E-state index contributed by atoms with van der Waals surface area (Å²) < 4.78 is 5.65. The van der Waals surface area contributed by atoms with Gasteiger partial charge >= 0.3 is 12.1 Å². The predicted molar refractivity (Wildman–Crippen MR) is 124 cm³/mol. The smallest absolute Gasteiger partial charge is 0.331 e. The van der Waals surface area contributed by atoms with Gasteiger partial charge in [0, 0.05) is 23.9 Å². The van der Waals surface area contributed by atoms with Crippen molar-refractivity contribution in [2.45, 2.75) is 39.2 Å². The van der Waals surface area contributed by atoms with Crippen LogP contribution < -0.4 is 15.4 Å². The normalized spacial score (nSPS) is 16.4. The van der Waals surface area contributed by atoms with Gasteiger partial charge < -0.3 is 15.2 Å². The largest absolute Gasteiger partial charge is 0.489 e. The van der Waals surface area contributed by atoms with Crippen molar-refractivity contribution in [1.82, 2.24) is 15.1 Å². The Morgan fingerprint density at radius 1 is 1.16 bits per heavy atom. The first-order chi connectivity index (χ1) is 15.3. The van der Waals surface area contributed by atoms with Crippen LogP contribution in [0.1, 0.15) is 25.8 Å². The number of imide groups is 1. The molecule has 3 N–H and O–H groups in total. The van der Waals surface area contributed by atoms with Gasteiger partial charge in [-0.05, 0) is 56.2 Å². The highest BCUT2D eigenvalue weighted by Gasteiger charge is 2.38. The maximum atomic E-state index is 13.2. The maximum Gasteiger partial charge on any atom is 0.331 e. The van der Waals surface area contributed by atoms with Crippen molar-refractivity contribution in [3.05, 3.63) is 58.1 Å². The van der Waals surface area contributed by atoms with E-state index in [1.807, 2.05) is 26.0 Å². The molecule has 1 unspecified atom stereocenters. The monoisotopic (exact) mass is 480 g/mol. The lowest BCUT2D eigenvalue weighted by Gasteiger charge is -2.41. The van der Waals surface area contributed by atoms with E-state index in [1.165, 1.54) is 4.90 Å². The molecule has 1 atom stereocenters. The Bertz CT molecular complexity index is 955. The highest BCUT2D eigenvalue weighted by molar-refractivity contribution is 6.32. The second kappa shape index (κ2) is 10.8. The van der Waals surface area contributed by atoms with E-state index in [0.29, 0.717) is 27.9 Å². The van der Waals surface area contributed by atoms with Crippen molar-refractivity contribution in [2.75, 3.05) is 18.5 Å². The number of nitrogens with one attached hydrogen (secondary N) is 2. The van der Waals surface area contributed by atoms with E-state index in [4.69, 9.17) is 33.0 Å². The number of anilines is 1. The second-order valence-corrected chi connectivity index (χ2v) is 8.42. The molecule has 0 aliphatic carbocycles. The Hall–Kier alpha value is -2.68. The summed E-state index contributed by atoms with van der Waals surface area (Å²) in [5.74, 6) is 0.546. The summed E-state index contributed by atoms with van der Waals surface area (Å²) in [6, 6.07) is 11.3. The molecule has 0 aromatic heterocycles. The number of amides is 4. The van der Waals surface area contributed by atoms with Crippen LogP contribution in [0.15, 0.2) is 42.5 Å². The van der Waals surface area contributed by atoms with Crippen molar-refractivity contribution >= 4 is 41.0 Å². The van der Waals surface area contributed by atoms with Gasteiger partial charge in [-0.25, -0.2) is 14.5 Å². The number of carbonyl (C=O) groups excluding carboxylic acids is 2. The van der Waals surface area contributed by atoms with E-state index in [0.717, 1.165) is 10.5 Å². The number of hydrogen-bond acceptors (Lipinski definition) is 5. The molecule has 3 rings (SSSR count). The minimum Gasteiger partial charge on any atom is -0.489 e. The standard InChI is InChI=1S/C22H26Cl2N4O4/c1-14(2)32-19-9-8-17(12-18(19)24)25-20-26-21(30)27(10-3-11-29)22(31)28(20)13-15-4-6-16(23)7-5-15/h4-9,12,14,20,25,29H,3,10-11,13H2,1-2H3,(H,26,30). The topological polar surface area (TPSA) is 94.1 Å². The van der Waals surface area contributed by atoms with E-state index in [9.17, 15) is 9.59 Å². The summed E-state index contributed by atoms with van der Waals surface area (Å²) in [5.41, 5.74) is 1.45. The Balaban J connectivity index is 1.84. The Morgan fingerprint density at radius 2 is 1.88 bits per heavy atom. The predicted octanol–water partition coefficient (Wildman–Crippen LogP) is 4.51.